The number of hydrogen-bond acceptors (Lipinski definition) is 3. The fourth-order valence-corrected chi connectivity index (χ4v) is 2.36. The van der Waals surface area contributed by atoms with E-state index in [9.17, 15) is 0 Å². The summed E-state index contributed by atoms with van der Waals surface area (Å²) in [7, 11) is 0. The second kappa shape index (κ2) is 6.74. The molecule has 94 valence electrons. The highest BCUT2D eigenvalue weighted by Crippen LogP contribution is 2.18. The Labute approximate surface area is 98.5 Å². The molecule has 4 nitrogen and oxygen atoms in total. The van der Waals surface area contributed by atoms with E-state index in [1.54, 1.807) is 0 Å². The largest absolute Gasteiger partial charge is 0.409 e. The Hall–Kier alpha value is -0.770. The van der Waals surface area contributed by atoms with Crippen LogP contribution in [0, 0.1) is 5.92 Å². The molecular formula is C12H25N3O. The van der Waals surface area contributed by atoms with Crippen LogP contribution in [0.3, 0.4) is 0 Å². The molecule has 1 atom stereocenters. The minimum absolute atomic E-state index is 0.158. The van der Waals surface area contributed by atoms with E-state index in [1.807, 2.05) is 0 Å². The lowest BCUT2D eigenvalue weighted by molar-refractivity contribution is 0.181. The molecule has 1 heterocycles. The molecule has 0 saturated carbocycles. The summed E-state index contributed by atoms with van der Waals surface area (Å²) in [6.07, 6.45) is 5.89. The standard InChI is InChI=1S/C12H25N3O/c1-10(2)6-5-9-15-8-4-3-7-11(15)12(13)14-16/h10-11,16H,3-9H2,1-2H3,(H2,13,14). The van der Waals surface area contributed by atoms with Crippen molar-refractivity contribution in [2.45, 2.75) is 52.0 Å². The quantitative estimate of drug-likeness (QED) is 0.327. The van der Waals surface area contributed by atoms with Gasteiger partial charge < -0.3 is 10.9 Å². The molecule has 1 saturated heterocycles. The molecule has 0 radical (unpaired) electrons. The second-order valence-corrected chi connectivity index (χ2v) is 5.11. The SMILES string of the molecule is CC(C)CCCN1CCCCC1C(N)=NO. The van der Waals surface area contributed by atoms with E-state index in [-0.39, 0.29) is 6.04 Å². The van der Waals surface area contributed by atoms with E-state index >= 15 is 0 Å². The van der Waals surface area contributed by atoms with Gasteiger partial charge >= 0.3 is 0 Å². The Bertz CT molecular complexity index is 228. The summed E-state index contributed by atoms with van der Waals surface area (Å²) in [5.74, 6) is 1.14. The molecule has 3 N–H and O–H groups in total. The molecular weight excluding hydrogens is 202 g/mol. The number of oxime groups is 1. The third-order valence-corrected chi connectivity index (χ3v) is 3.30. The van der Waals surface area contributed by atoms with E-state index in [0.29, 0.717) is 5.84 Å². The maximum atomic E-state index is 8.75. The van der Waals surface area contributed by atoms with E-state index in [1.165, 1.54) is 25.7 Å². The van der Waals surface area contributed by atoms with Gasteiger partial charge in [-0.25, -0.2) is 0 Å². The van der Waals surface area contributed by atoms with Crippen molar-refractivity contribution in [2.75, 3.05) is 13.1 Å². The highest BCUT2D eigenvalue weighted by atomic mass is 16.4. The fourth-order valence-electron chi connectivity index (χ4n) is 2.36. The van der Waals surface area contributed by atoms with Gasteiger partial charge in [0.25, 0.3) is 0 Å². The molecule has 0 aromatic rings. The van der Waals surface area contributed by atoms with Crippen LogP contribution in [0.5, 0.6) is 0 Å². The van der Waals surface area contributed by atoms with Crippen LogP contribution < -0.4 is 5.73 Å². The first kappa shape index (κ1) is 13.3. The number of rotatable bonds is 5. The van der Waals surface area contributed by atoms with Crippen molar-refractivity contribution in [2.24, 2.45) is 16.8 Å². The summed E-state index contributed by atoms with van der Waals surface area (Å²) in [5.41, 5.74) is 5.73. The van der Waals surface area contributed by atoms with Crippen LogP contribution >= 0.6 is 0 Å². The zero-order valence-corrected chi connectivity index (χ0v) is 10.5. The predicted molar refractivity (Wildman–Crippen MR) is 66.7 cm³/mol. The summed E-state index contributed by atoms with van der Waals surface area (Å²) < 4.78 is 0. The lowest BCUT2D eigenvalue weighted by Crippen LogP contribution is -2.48. The Morgan fingerprint density at radius 1 is 1.50 bits per heavy atom. The number of amidine groups is 1. The van der Waals surface area contributed by atoms with Crippen molar-refractivity contribution in [1.82, 2.24) is 4.90 Å². The van der Waals surface area contributed by atoms with Crippen LogP contribution in [0.2, 0.25) is 0 Å². The molecule has 0 amide bonds. The van der Waals surface area contributed by atoms with Crippen LogP contribution in [0.4, 0.5) is 0 Å². The molecule has 1 aliphatic heterocycles. The minimum Gasteiger partial charge on any atom is -0.409 e. The van der Waals surface area contributed by atoms with Crippen LogP contribution in [0.15, 0.2) is 5.16 Å². The van der Waals surface area contributed by atoms with Gasteiger partial charge in [0.05, 0.1) is 6.04 Å². The molecule has 0 aromatic heterocycles. The average Bonchev–Trinajstić information content (AvgIpc) is 2.28. The van der Waals surface area contributed by atoms with Gasteiger partial charge in [0, 0.05) is 0 Å². The maximum Gasteiger partial charge on any atom is 0.156 e. The Balaban J connectivity index is 2.41. The first-order valence-electron chi connectivity index (χ1n) is 6.36. The van der Waals surface area contributed by atoms with Crippen molar-refractivity contribution >= 4 is 5.84 Å². The van der Waals surface area contributed by atoms with E-state index in [0.717, 1.165) is 25.4 Å². The zero-order valence-electron chi connectivity index (χ0n) is 10.5. The molecule has 1 unspecified atom stereocenters. The predicted octanol–water partition coefficient (Wildman–Crippen LogP) is 2.02. The number of likely N-dealkylation sites (tertiary alicyclic amines) is 1. The molecule has 1 rings (SSSR count). The van der Waals surface area contributed by atoms with Crippen LogP contribution in [0.1, 0.15) is 46.0 Å². The topological polar surface area (TPSA) is 61.8 Å². The van der Waals surface area contributed by atoms with Crippen molar-refractivity contribution < 1.29 is 5.21 Å². The molecule has 0 aliphatic carbocycles. The number of nitrogens with two attached hydrogens (primary N) is 1. The molecule has 1 aliphatic rings. The Morgan fingerprint density at radius 3 is 2.88 bits per heavy atom. The number of piperidine rings is 1. The number of nitrogens with zero attached hydrogens (tertiary/aromatic N) is 2. The van der Waals surface area contributed by atoms with Gasteiger partial charge in [0.15, 0.2) is 5.84 Å². The zero-order chi connectivity index (χ0) is 12.0. The van der Waals surface area contributed by atoms with Gasteiger partial charge in [-0.1, -0.05) is 25.4 Å². The van der Waals surface area contributed by atoms with Crippen LogP contribution in [-0.2, 0) is 0 Å². The van der Waals surface area contributed by atoms with Gasteiger partial charge in [-0.3, -0.25) is 4.90 Å². The fraction of sp³-hybridized carbons (Fsp3) is 0.917. The van der Waals surface area contributed by atoms with Crippen molar-refractivity contribution in [3.05, 3.63) is 0 Å². The van der Waals surface area contributed by atoms with E-state index < -0.39 is 0 Å². The second-order valence-electron chi connectivity index (χ2n) is 5.11. The van der Waals surface area contributed by atoms with Crippen molar-refractivity contribution in [3.63, 3.8) is 0 Å². The summed E-state index contributed by atoms with van der Waals surface area (Å²) in [4.78, 5) is 2.36. The van der Waals surface area contributed by atoms with Gasteiger partial charge in [-0.2, -0.15) is 0 Å². The third-order valence-electron chi connectivity index (χ3n) is 3.30. The molecule has 0 aromatic carbocycles. The number of hydrogen-bond donors (Lipinski definition) is 2. The van der Waals surface area contributed by atoms with Gasteiger partial charge in [0.2, 0.25) is 0 Å². The normalized spacial score (nSPS) is 23.9. The molecule has 0 spiro atoms. The summed E-state index contributed by atoms with van der Waals surface area (Å²) in [6.45, 7) is 6.65. The Kier molecular flexibility index (Phi) is 5.60. The smallest absolute Gasteiger partial charge is 0.156 e. The van der Waals surface area contributed by atoms with Crippen molar-refractivity contribution in [3.8, 4) is 0 Å². The van der Waals surface area contributed by atoms with E-state index in [2.05, 4.69) is 23.9 Å². The monoisotopic (exact) mass is 227 g/mol. The van der Waals surface area contributed by atoms with Gasteiger partial charge in [0.1, 0.15) is 0 Å². The maximum absolute atomic E-state index is 8.75. The third kappa shape index (κ3) is 4.00. The molecule has 4 heteroatoms. The lowest BCUT2D eigenvalue weighted by Gasteiger charge is -2.34. The summed E-state index contributed by atoms with van der Waals surface area (Å²) >= 11 is 0. The first-order valence-corrected chi connectivity index (χ1v) is 6.36. The lowest BCUT2D eigenvalue weighted by atomic mass is 10.00. The highest BCUT2D eigenvalue weighted by Gasteiger charge is 2.25. The minimum atomic E-state index is 0.158. The van der Waals surface area contributed by atoms with Crippen molar-refractivity contribution in [1.29, 1.82) is 0 Å². The summed E-state index contributed by atoms with van der Waals surface area (Å²) in [6, 6.07) is 0.158. The summed E-state index contributed by atoms with van der Waals surface area (Å²) in [5, 5.41) is 11.9. The van der Waals surface area contributed by atoms with Crippen LogP contribution in [-0.4, -0.2) is 35.1 Å². The highest BCUT2D eigenvalue weighted by molar-refractivity contribution is 5.85. The first-order chi connectivity index (χ1) is 7.65. The van der Waals surface area contributed by atoms with Crippen LogP contribution in [0.25, 0.3) is 0 Å². The van der Waals surface area contributed by atoms with Gasteiger partial charge in [-0.15, -0.1) is 0 Å². The Morgan fingerprint density at radius 2 is 2.25 bits per heavy atom. The molecule has 16 heavy (non-hydrogen) atoms. The average molecular weight is 227 g/mol. The molecule has 0 bridgehead atoms. The van der Waals surface area contributed by atoms with Gasteiger partial charge in [-0.05, 0) is 44.7 Å². The molecule has 1 fully saturated rings. The van der Waals surface area contributed by atoms with E-state index in [4.69, 9.17) is 10.9 Å².